The fourth-order valence-corrected chi connectivity index (χ4v) is 4.62. The molecule has 3 aromatic rings. The molecule has 2 heterocycles. The van der Waals surface area contributed by atoms with Crippen LogP contribution in [0.25, 0.3) is 0 Å². The number of benzene rings is 2. The van der Waals surface area contributed by atoms with Crippen molar-refractivity contribution in [1.82, 2.24) is 9.80 Å². The summed E-state index contributed by atoms with van der Waals surface area (Å²) in [6, 6.07) is 20.7. The van der Waals surface area contributed by atoms with Gasteiger partial charge in [-0.2, -0.15) is 0 Å². The molecule has 0 N–H and O–H groups in total. The van der Waals surface area contributed by atoms with Crippen LogP contribution in [0.15, 0.2) is 76.0 Å². The summed E-state index contributed by atoms with van der Waals surface area (Å²) in [5.41, 5.74) is 1.28. The largest absolute Gasteiger partial charge is 0.455 e. The summed E-state index contributed by atoms with van der Waals surface area (Å²) in [7, 11) is -1.26. The van der Waals surface area contributed by atoms with Gasteiger partial charge in [0.25, 0.3) is 5.91 Å². The molecular formula is C23H23ClN2O3S. The average Bonchev–Trinajstić information content (AvgIpc) is 3.23. The fourth-order valence-electron chi connectivity index (χ4n) is 3.48. The lowest BCUT2D eigenvalue weighted by molar-refractivity contribution is 0.0596. The highest BCUT2D eigenvalue weighted by Crippen LogP contribution is 2.19. The zero-order chi connectivity index (χ0) is 20.9. The van der Waals surface area contributed by atoms with Crippen LogP contribution >= 0.6 is 11.6 Å². The van der Waals surface area contributed by atoms with E-state index in [4.69, 9.17) is 16.0 Å². The maximum atomic E-state index is 12.8. The quantitative estimate of drug-likeness (QED) is 0.574. The molecule has 0 spiro atoms. The van der Waals surface area contributed by atoms with Gasteiger partial charge >= 0.3 is 0 Å². The molecule has 1 fully saturated rings. The zero-order valence-electron chi connectivity index (χ0n) is 16.5. The van der Waals surface area contributed by atoms with E-state index in [2.05, 4.69) is 17.0 Å². The Morgan fingerprint density at radius 1 is 0.933 bits per heavy atom. The summed E-state index contributed by atoms with van der Waals surface area (Å²) in [5.74, 6) is 0.946. The second kappa shape index (κ2) is 9.60. The minimum Gasteiger partial charge on any atom is -0.455 e. The molecule has 7 heteroatoms. The number of furan rings is 1. The third-order valence-corrected chi connectivity index (χ3v) is 6.73. The first-order chi connectivity index (χ1) is 14.6. The first-order valence-electron chi connectivity index (χ1n) is 9.87. The molecule has 1 atom stereocenters. The number of halogens is 1. The predicted molar refractivity (Wildman–Crippen MR) is 118 cm³/mol. The standard InChI is InChI=1S/C23H23ClN2O3S/c24-19-6-9-21(10-7-19)30(28)17-20-8-11-22(29-20)23(27)26-14-12-25(13-15-26)16-18-4-2-1-3-5-18/h1-11H,12-17H2/t30-/m1/s1. The Morgan fingerprint density at radius 3 is 2.33 bits per heavy atom. The Morgan fingerprint density at radius 2 is 1.63 bits per heavy atom. The van der Waals surface area contributed by atoms with E-state index in [1.165, 1.54) is 5.56 Å². The zero-order valence-corrected chi connectivity index (χ0v) is 18.1. The molecule has 1 aliphatic heterocycles. The van der Waals surface area contributed by atoms with E-state index < -0.39 is 10.8 Å². The van der Waals surface area contributed by atoms with Gasteiger partial charge in [0, 0.05) is 42.6 Å². The molecule has 0 aliphatic carbocycles. The summed E-state index contributed by atoms with van der Waals surface area (Å²) in [6.45, 7) is 3.88. The Balaban J connectivity index is 1.31. The summed E-state index contributed by atoms with van der Waals surface area (Å²) in [5, 5.41) is 0.602. The van der Waals surface area contributed by atoms with Gasteiger partial charge in [-0.1, -0.05) is 41.9 Å². The van der Waals surface area contributed by atoms with Gasteiger partial charge in [0.15, 0.2) is 5.76 Å². The minimum absolute atomic E-state index is 0.113. The number of amides is 1. The van der Waals surface area contributed by atoms with Crippen molar-refractivity contribution in [3.8, 4) is 0 Å². The van der Waals surface area contributed by atoms with Crippen molar-refractivity contribution in [2.75, 3.05) is 26.2 Å². The highest BCUT2D eigenvalue weighted by Gasteiger charge is 2.24. The van der Waals surface area contributed by atoms with E-state index >= 15 is 0 Å². The molecule has 1 saturated heterocycles. The number of carbonyl (C=O) groups is 1. The van der Waals surface area contributed by atoms with Crippen LogP contribution < -0.4 is 0 Å². The van der Waals surface area contributed by atoms with Gasteiger partial charge in [0.05, 0.1) is 16.6 Å². The lowest BCUT2D eigenvalue weighted by Gasteiger charge is -2.34. The molecule has 0 radical (unpaired) electrons. The Labute approximate surface area is 183 Å². The van der Waals surface area contributed by atoms with Crippen LogP contribution in [-0.4, -0.2) is 46.1 Å². The maximum absolute atomic E-state index is 12.8. The van der Waals surface area contributed by atoms with Crippen LogP contribution in [0.4, 0.5) is 0 Å². The van der Waals surface area contributed by atoms with E-state index in [1.807, 2.05) is 23.1 Å². The van der Waals surface area contributed by atoms with Crippen molar-refractivity contribution < 1.29 is 13.4 Å². The van der Waals surface area contributed by atoms with Gasteiger partial charge in [0.2, 0.25) is 0 Å². The molecule has 1 aromatic heterocycles. The smallest absolute Gasteiger partial charge is 0.289 e. The normalized spacial score (nSPS) is 15.8. The molecule has 1 aliphatic rings. The van der Waals surface area contributed by atoms with Crippen molar-refractivity contribution in [2.45, 2.75) is 17.2 Å². The van der Waals surface area contributed by atoms with Crippen molar-refractivity contribution in [1.29, 1.82) is 0 Å². The fraction of sp³-hybridized carbons (Fsp3) is 0.261. The van der Waals surface area contributed by atoms with Crippen molar-refractivity contribution in [3.63, 3.8) is 0 Å². The molecular weight excluding hydrogens is 420 g/mol. The van der Waals surface area contributed by atoms with Crippen LogP contribution in [0, 0.1) is 0 Å². The van der Waals surface area contributed by atoms with Gasteiger partial charge in [0.1, 0.15) is 5.76 Å². The number of rotatable bonds is 6. The predicted octanol–water partition coefficient (Wildman–Crippen LogP) is 4.20. The first-order valence-corrected chi connectivity index (χ1v) is 11.6. The van der Waals surface area contributed by atoms with E-state index in [9.17, 15) is 9.00 Å². The SMILES string of the molecule is O=C(c1ccc(C[S@@](=O)c2ccc(Cl)cc2)o1)N1CCN(Cc2ccccc2)CC1. The molecule has 5 nitrogen and oxygen atoms in total. The highest BCUT2D eigenvalue weighted by atomic mass is 35.5. The monoisotopic (exact) mass is 442 g/mol. The molecule has 0 unspecified atom stereocenters. The van der Waals surface area contributed by atoms with E-state index in [0.29, 0.717) is 34.5 Å². The summed E-state index contributed by atoms with van der Waals surface area (Å²) >= 11 is 5.88. The van der Waals surface area contributed by atoms with Crippen LogP contribution in [-0.2, 0) is 23.1 Å². The second-order valence-electron chi connectivity index (χ2n) is 7.26. The highest BCUT2D eigenvalue weighted by molar-refractivity contribution is 7.84. The molecule has 156 valence electrons. The molecule has 2 aromatic carbocycles. The Bertz CT molecular complexity index is 1010. The average molecular weight is 443 g/mol. The second-order valence-corrected chi connectivity index (χ2v) is 9.15. The topological polar surface area (TPSA) is 53.8 Å². The van der Waals surface area contributed by atoms with Gasteiger partial charge in [-0.15, -0.1) is 0 Å². The molecule has 4 rings (SSSR count). The van der Waals surface area contributed by atoms with Gasteiger partial charge < -0.3 is 9.32 Å². The molecule has 0 bridgehead atoms. The minimum atomic E-state index is -1.26. The Hall–Kier alpha value is -2.41. The third kappa shape index (κ3) is 5.19. The summed E-state index contributed by atoms with van der Waals surface area (Å²) < 4.78 is 18.2. The lowest BCUT2D eigenvalue weighted by atomic mass is 10.2. The Kier molecular flexibility index (Phi) is 6.67. The van der Waals surface area contributed by atoms with E-state index in [1.54, 1.807) is 36.4 Å². The third-order valence-electron chi connectivity index (χ3n) is 5.13. The number of hydrogen-bond donors (Lipinski definition) is 0. The lowest BCUT2D eigenvalue weighted by Crippen LogP contribution is -2.48. The van der Waals surface area contributed by atoms with E-state index in [-0.39, 0.29) is 11.7 Å². The maximum Gasteiger partial charge on any atom is 0.289 e. The first kappa shape index (κ1) is 20.8. The van der Waals surface area contributed by atoms with Crippen LogP contribution in [0.2, 0.25) is 5.02 Å². The van der Waals surface area contributed by atoms with Gasteiger partial charge in [-0.3, -0.25) is 13.9 Å². The molecule has 30 heavy (non-hydrogen) atoms. The number of nitrogens with zero attached hydrogens (tertiary/aromatic N) is 2. The summed E-state index contributed by atoms with van der Waals surface area (Å²) in [6.07, 6.45) is 0. The molecule has 0 saturated carbocycles. The van der Waals surface area contributed by atoms with Crippen LogP contribution in [0.5, 0.6) is 0 Å². The number of piperazine rings is 1. The number of carbonyl (C=O) groups excluding carboxylic acids is 1. The van der Waals surface area contributed by atoms with Crippen LogP contribution in [0.1, 0.15) is 21.9 Å². The van der Waals surface area contributed by atoms with Gasteiger partial charge in [-0.05, 0) is 42.0 Å². The van der Waals surface area contributed by atoms with Gasteiger partial charge in [-0.25, -0.2) is 0 Å². The van der Waals surface area contributed by atoms with Crippen molar-refractivity contribution in [2.24, 2.45) is 0 Å². The van der Waals surface area contributed by atoms with Crippen molar-refractivity contribution >= 4 is 28.3 Å². The van der Waals surface area contributed by atoms with Crippen LogP contribution in [0.3, 0.4) is 0 Å². The molecule has 1 amide bonds. The summed E-state index contributed by atoms with van der Waals surface area (Å²) in [4.78, 5) is 17.6. The van der Waals surface area contributed by atoms with E-state index in [0.717, 1.165) is 19.6 Å². The van der Waals surface area contributed by atoms with Crippen molar-refractivity contribution in [3.05, 3.63) is 88.8 Å². The number of hydrogen-bond acceptors (Lipinski definition) is 4.